The number of carbonyl (C=O) groups is 3. The van der Waals surface area contributed by atoms with Gasteiger partial charge in [0.15, 0.2) is 10.9 Å². The quantitative estimate of drug-likeness (QED) is 0.246. The Morgan fingerprint density at radius 3 is 2.47 bits per heavy atom. The van der Waals surface area contributed by atoms with E-state index in [0.717, 1.165) is 41.7 Å². The normalized spacial score (nSPS) is 14.2. The lowest BCUT2D eigenvalue weighted by Gasteiger charge is -2.14. The molecule has 0 atom stereocenters. The number of amides is 2. The molecule has 0 saturated heterocycles. The van der Waals surface area contributed by atoms with Gasteiger partial charge in [0.25, 0.3) is 0 Å². The predicted octanol–water partition coefficient (Wildman–Crippen LogP) is 3.56. The highest BCUT2D eigenvalue weighted by Crippen LogP contribution is 2.32. The van der Waals surface area contributed by atoms with Crippen molar-refractivity contribution in [3.63, 3.8) is 0 Å². The molecule has 3 N–H and O–H groups in total. The molecule has 1 heterocycles. The van der Waals surface area contributed by atoms with Crippen LogP contribution in [-0.4, -0.2) is 43.5 Å². The minimum atomic E-state index is -3.38. The van der Waals surface area contributed by atoms with Gasteiger partial charge in [-0.2, -0.15) is 0 Å². The number of aryl methyl sites for hydroxylation is 1. The van der Waals surface area contributed by atoms with Crippen LogP contribution in [-0.2, 0) is 26.2 Å². The van der Waals surface area contributed by atoms with E-state index in [1.807, 2.05) is 19.2 Å². The summed E-state index contributed by atoms with van der Waals surface area (Å²) in [5, 5.41) is 5.58. The van der Waals surface area contributed by atoms with Crippen LogP contribution in [0.5, 0.6) is 0 Å². The molecule has 0 bridgehead atoms. The minimum Gasteiger partial charge on any atom is -0.325 e. The number of thioether (sulfide) groups is 1. The van der Waals surface area contributed by atoms with E-state index in [2.05, 4.69) is 20.3 Å². The van der Waals surface area contributed by atoms with Crippen LogP contribution in [0.3, 0.4) is 0 Å². The summed E-state index contributed by atoms with van der Waals surface area (Å²) >= 11 is 2.58. The zero-order chi connectivity index (χ0) is 24.9. The molecule has 9 nitrogen and oxygen atoms in total. The lowest BCUT2D eigenvalue weighted by molar-refractivity contribution is -0.123. The van der Waals surface area contributed by atoms with Crippen LogP contribution >= 0.6 is 23.1 Å². The largest absolute Gasteiger partial charge is 0.325 e. The van der Waals surface area contributed by atoms with Gasteiger partial charge in [0, 0.05) is 11.5 Å². The number of nitrogens with zero attached hydrogens (tertiary/aromatic N) is 1. The molecule has 184 valence electrons. The second kappa shape index (κ2) is 11.4. The number of anilines is 2. The number of Topliss-reactive ketones (excluding diaryl/α,β-unsaturated/α-hetero) is 1. The van der Waals surface area contributed by atoms with Gasteiger partial charge in [-0.3, -0.25) is 14.4 Å². The number of nitrogens with one attached hydrogen (secondary N) is 3. The van der Waals surface area contributed by atoms with Gasteiger partial charge in [-0.15, -0.1) is 11.8 Å². The van der Waals surface area contributed by atoms with Gasteiger partial charge in [0.1, 0.15) is 6.42 Å². The fourth-order valence-corrected chi connectivity index (χ4v) is 5.80. The molecule has 12 heteroatoms. The summed E-state index contributed by atoms with van der Waals surface area (Å²) < 4.78 is 25.8. The monoisotopic (exact) mass is 524 g/mol. The van der Waals surface area contributed by atoms with Crippen molar-refractivity contribution in [1.82, 2.24) is 9.71 Å². The first-order chi connectivity index (χ1) is 16.1. The number of hydrogen-bond donors (Lipinski definition) is 3. The number of carbonyl (C=O) groups excluding carboxylic acids is 3. The highest BCUT2D eigenvalue weighted by atomic mass is 32.2. The van der Waals surface area contributed by atoms with E-state index in [1.165, 1.54) is 23.1 Å². The molecule has 1 aromatic carbocycles. The SMILES string of the molecule is CSc1sc(NC(=O)CC(=O)Nc2ccc(C)cc2C(=O)C2CCCC2)nc1CNS(C)(=O)=O. The summed E-state index contributed by atoms with van der Waals surface area (Å²) in [6, 6.07) is 5.29. The first-order valence-electron chi connectivity index (χ1n) is 10.8. The number of sulfonamides is 1. The Kier molecular flexibility index (Phi) is 8.85. The van der Waals surface area contributed by atoms with Gasteiger partial charge in [-0.25, -0.2) is 18.1 Å². The average Bonchev–Trinajstić information content (AvgIpc) is 3.42. The smallest absolute Gasteiger partial charge is 0.235 e. The highest BCUT2D eigenvalue weighted by molar-refractivity contribution is 8.00. The van der Waals surface area contributed by atoms with Crippen LogP contribution in [0.15, 0.2) is 22.4 Å². The van der Waals surface area contributed by atoms with E-state index in [0.29, 0.717) is 16.9 Å². The second-order valence-electron chi connectivity index (χ2n) is 8.22. The molecule has 1 fully saturated rings. The highest BCUT2D eigenvalue weighted by Gasteiger charge is 2.26. The fourth-order valence-electron chi connectivity index (χ4n) is 3.74. The van der Waals surface area contributed by atoms with Crippen molar-refractivity contribution in [2.45, 2.75) is 49.8 Å². The minimum absolute atomic E-state index is 0.00703. The Hall–Kier alpha value is -2.28. The molecule has 1 aliphatic carbocycles. The third-order valence-electron chi connectivity index (χ3n) is 5.36. The van der Waals surface area contributed by atoms with Gasteiger partial charge in [0.2, 0.25) is 21.8 Å². The van der Waals surface area contributed by atoms with Crippen LogP contribution in [0.2, 0.25) is 0 Å². The molecule has 1 saturated carbocycles. The van der Waals surface area contributed by atoms with Crippen LogP contribution in [0, 0.1) is 12.8 Å². The van der Waals surface area contributed by atoms with E-state index in [4.69, 9.17) is 0 Å². The van der Waals surface area contributed by atoms with E-state index < -0.39 is 28.3 Å². The Labute approximate surface area is 207 Å². The Bertz CT molecular complexity index is 1190. The van der Waals surface area contributed by atoms with E-state index >= 15 is 0 Å². The molecule has 3 rings (SSSR count). The molecule has 1 aromatic heterocycles. The summed E-state index contributed by atoms with van der Waals surface area (Å²) in [7, 11) is -3.38. The summed E-state index contributed by atoms with van der Waals surface area (Å²) in [6.45, 7) is 1.90. The number of benzene rings is 1. The van der Waals surface area contributed by atoms with Crippen LogP contribution in [0.25, 0.3) is 0 Å². The molecule has 34 heavy (non-hydrogen) atoms. The van der Waals surface area contributed by atoms with Gasteiger partial charge in [-0.1, -0.05) is 35.8 Å². The van der Waals surface area contributed by atoms with Crippen molar-refractivity contribution in [3.8, 4) is 0 Å². The Morgan fingerprint density at radius 1 is 1.15 bits per heavy atom. The van der Waals surface area contributed by atoms with Crippen LogP contribution in [0.4, 0.5) is 10.8 Å². The van der Waals surface area contributed by atoms with Gasteiger partial charge in [-0.05, 0) is 38.2 Å². The molecular weight excluding hydrogens is 496 g/mol. The number of rotatable bonds is 10. The molecule has 2 amide bonds. The van der Waals surface area contributed by atoms with Gasteiger partial charge >= 0.3 is 0 Å². The van der Waals surface area contributed by atoms with Crippen molar-refractivity contribution >= 4 is 61.5 Å². The number of aromatic nitrogens is 1. The third-order valence-corrected chi connectivity index (χ3v) is 8.19. The van der Waals surface area contributed by atoms with Crippen molar-refractivity contribution in [1.29, 1.82) is 0 Å². The maximum absolute atomic E-state index is 13.0. The first kappa shape index (κ1) is 26.3. The van der Waals surface area contributed by atoms with Gasteiger partial charge in [0.05, 0.1) is 28.4 Å². The molecule has 0 unspecified atom stereocenters. The van der Waals surface area contributed by atoms with Gasteiger partial charge < -0.3 is 10.6 Å². The summed E-state index contributed by atoms with van der Waals surface area (Å²) in [6.07, 6.45) is 6.21. The first-order valence-corrected chi connectivity index (χ1v) is 14.7. The molecular formula is C22H28N4O5S3. The maximum Gasteiger partial charge on any atom is 0.235 e. The van der Waals surface area contributed by atoms with Crippen molar-refractivity contribution in [2.75, 3.05) is 23.1 Å². The van der Waals surface area contributed by atoms with Crippen molar-refractivity contribution in [3.05, 3.63) is 35.0 Å². The lowest BCUT2D eigenvalue weighted by atomic mass is 9.94. The lowest BCUT2D eigenvalue weighted by Crippen LogP contribution is -2.23. The zero-order valence-corrected chi connectivity index (χ0v) is 21.7. The van der Waals surface area contributed by atoms with E-state index in [-0.39, 0.29) is 23.4 Å². The Balaban J connectivity index is 1.63. The average molecular weight is 525 g/mol. The molecule has 2 aromatic rings. The molecule has 0 spiro atoms. The third kappa shape index (κ3) is 7.36. The summed E-state index contributed by atoms with van der Waals surface area (Å²) in [5.74, 6) is -1.09. The molecule has 0 radical (unpaired) electrons. The van der Waals surface area contributed by atoms with E-state index in [9.17, 15) is 22.8 Å². The number of hydrogen-bond acceptors (Lipinski definition) is 8. The molecule has 1 aliphatic rings. The van der Waals surface area contributed by atoms with E-state index in [1.54, 1.807) is 12.1 Å². The van der Waals surface area contributed by atoms with Crippen molar-refractivity contribution in [2.24, 2.45) is 5.92 Å². The summed E-state index contributed by atoms with van der Waals surface area (Å²) in [5.41, 5.74) is 2.31. The zero-order valence-electron chi connectivity index (χ0n) is 19.3. The topological polar surface area (TPSA) is 134 Å². The maximum atomic E-state index is 13.0. The van der Waals surface area contributed by atoms with Crippen molar-refractivity contribution < 1.29 is 22.8 Å². The predicted molar refractivity (Wildman–Crippen MR) is 135 cm³/mol. The standard InChI is InChI=1S/C22H28N4O5S3/c1-13-8-9-16(15(10-13)20(29)14-6-4-5-7-14)24-18(27)11-19(28)26-22-25-17(21(32-2)33-22)12-23-34(3,30)31/h8-10,14,23H,4-7,11-12H2,1-3H3,(H,24,27)(H,25,26,28). The van der Waals surface area contributed by atoms with Crippen LogP contribution in [0.1, 0.15) is 53.7 Å². The fraction of sp³-hybridized carbons (Fsp3) is 0.455. The Morgan fingerprint density at radius 2 is 1.82 bits per heavy atom. The number of ketones is 1. The van der Waals surface area contributed by atoms with Crippen LogP contribution < -0.4 is 15.4 Å². The second-order valence-corrected chi connectivity index (χ2v) is 12.1. The summed E-state index contributed by atoms with van der Waals surface area (Å²) in [4.78, 5) is 42.2. The molecule has 0 aliphatic heterocycles. The number of thiazole rings is 1.